The highest BCUT2D eigenvalue weighted by Gasteiger charge is 2.25. The molecule has 0 aromatic heterocycles. The number of morpholine rings is 1. The molecule has 90 valence electrons. The van der Waals surface area contributed by atoms with Crippen molar-refractivity contribution in [2.75, 3.05) is 38.2 Å². The molecular formula is C11H22BrNO2. The smallest absolute Gasteiger partial charge is 0.0644 e. The Morgan fingerprint density at radius 2 is 2.27 bits per heavy atom. The summed E-state index contributed by atoms with van der Waals surface area (Å²) in [6, 6.07) is 0.194. The van der Waals surface area contributed by atoms with Crippen LogP contribution in [0.25, 0.3) is 0 Å². The summed E-state index contributed by atoms with van der Waals surface area (Å²) in [4.78, 5) is 2.36. The Balaban J connectivity index is 2.46. The monoisotopic (exact) mass is 279 g/mol. The van der Waals surface area contributed by atoms with Crippen LogP contribution in [0.3, 0.4) is 0 Å². The molecule has 2 atom stereocenters. The number of hydrogen-bond donors (Lipinski definition) is 1. The number of alkyl halides is 1. The zero-order chi connectivity index (χ0) is 11.3. The molecule has 1 aliphatic rings. The summed E-state index contributed by atoms with van der Waals surface area (Å²) >= 11 is 3.56. The van der Waals surface area contributed by atoms with E-state index in [1.165, 1.54) is 0 Å². The van der Waals surface area contributed by atoms with Gasteiger partial charge in [0.15, 0.2) is 0 Å². The number of aliphatic hydroxyl groups is 1. The van der Waals surface area contributed by atoms with Gasteiger partial charge in [-0.05, 0) is 11.8 Å². The number of halogens is 1. The van der Waals surface area contributed by atoms with Gasteiger partial charge in [-0.2, -0.15) is 0 Å². The second-order valence-electron chi connectivity index (χ2n) is 4.56. The maximum atomic E-state index is 9.25. The molecule has 0 bridgehead atoms. The maximum absolute atomic E-state index is 9.25. The molecule has 0 radical (unpaired) electrons. The van der Waals surface area contributed by atoms with E-state index in [4.69, 9.17) is 4.74 Å². The fourth-order valence-electron chi connectivity index (χ4n) is 1.84. The molecule has 0 amide bonds. The van der Waals surface area contributed by atoms with E-state index in [9.17, 15) is 5.11 Å². The highest BCUT2D eigenvalue weighted by molar-refractivity contribution is 9.09. The van der Waals surface area contributed by atoms with Gasteiger partial charge in [-0.1, -0.05) is 29.8 Å². The first-order chi connectivity index (χ1) is 7.19. The predicted molar refractivity (Wildman–Crippen MR) is 65.4 cm³/mol. The van der Waals surface area contributed by atoms with Crippen molar-refractivity contribution >= 4 is 15.9 Å². The lowest BCUT2D eigenvalue weighted by Gasteiger charge is -2.37. The number of aliphatic hydroxyl groups excluding tert-OH is 1. The van der Waals surface area contributed by atoms with E-state index in [1.807, 2.05) is 0 Å². The number of ether oxygens (including phenoxy) is 1. The Morgan fingerprint density at radius 1 is 1.53 bits per heavy atom. The molecule has 1 rings (SSSR count). The van der Waals surface area contributed by atoms with E-state index in [0.717, 1.165) is 25.0 Å². The Hall–Kier alpha value is 0.360. The van der Waals surface area contributed by atoms with Crippen LogP contribution >= 0.6 is 15.9 Å². The summed E-state index contributed by atoms with van der Waals surface area (Å²) in [5.41, 5.74) is 0. The molecule has 1 saturated heterocycles. The van der Waals surface area contributed by atoms with E-state index >= 15 is 0 Å². The third-order valence-electron chi connectivity index (χ3n) is 3.17. The first kappa shape index (κ1) is 13.4. The van der Waals surface area contributed by atoms with Crippen molar-refractivity contribution in [2.45, 2.75) is 19.9 Å². The van der Waals surface area contributed by atoms with Gasteiger partial charge >= 0.3 is 0 Å². The van der Waals surface area contributed by atoms with Gasteiger partial charge in [0.25, 0.3) is 0 Å². The molecular weight excluding hydrogens is 258 g/mol. The lowest BCUT2D eigenvalue weighted by Crippen LogP contribution is -2.49. The van der Waals surface area contributed by atoms with Gasteiger partial charge in [0.05, 0.1) is 25.9 Å². The van der Waals surface area contributed by atoms with E-state index < -0.39 is 0 Å². The molecule has 0 saturated carbocycles. The normalized spacial score (nSPS) is 25.8. The average molecular weight is 280 g/mol. The van der Waals surface area contributed by atoms with Gasteiger partial charge < -0.3 is 9.84 Å². The van der Waals surface area contributed by atoms with Crippen LogP contribution in [0.1, 0.15) is 13.8 Å². The molecule has 3 nitrogen and oxygen atoms in total. The summed E-state index contributed by atoms with van der Waals surface area (Å²) in [7, 11) is 0. The molecule has 1 N–H and O–H groups in total. The fourth-order valence-corrected chi connectivity index (χ4v) is 2.79. The fraction of sp³-hybridized carbons (Fsp3) is 1.00. The van der Waals surface area contributed by atoms with Crippen molar-refractivity contribution < 1.29 is 9.84 Å². The first-order valence-corrected chi connectivity index (χ1v) is 6.79. The summed E-state index contributed by atoms with van der Waals surface area (Å²) in [5.74, 6) is 1.32. The van der Waals surface area contributed by atoms with Crippen LogP contribution in [0, 0.1) is 11.8 Å². The molecule has 1 fully saturated rings. The van der Waals surface area contributed by atoms with Gasteiger partial charge in [-0.3, -0.25) is 4.90 Å². The quantitative estimate of drug-likeness (QED) is 0.772. The van der Waals surface area contributed by atoms with E-state index in [-0.39, 0.29) is 12.6 Å². The summed E-state index contributed by atoms with van der Waals surface area (Å²) < 4.78 is 5.37. The number of nitrogens with zero attached hydrogens (tertiary/aromatic N) is 1. The van der Waals surface area contributed by atoms with Crippen LogP contribution < -0.4 is 0 Å². The zero-order valence-corrected chi connectivity index (χ0v) is 11.2. The van der Waals surface area contributed by atoms with Gasteiger partial charge in [0.2, 0.25) is 0 Å². The lowest BCUT2D eigenvalue weighted by molar-refractivity contribution is -0.0344. The highest BCUT2D eigenvalue weighted by Crippen LogP contribution is 2.18. The van der Waals surface area contributed by atoms with Crippen molar-refractivity contribution in [2.24, 2.45) is 11.8 Å². The van der Waals surface area contributed by atoms with Crippen LogP contribution in [0.5, 0.6) is 0 Å². The molecule has 0 spiro atoms. The average Bonchev–Trinajstić information content (AvgIpc) is 2.25. The van der Waals surface area contributed by atoms with Gasteiger partial charge in [-0.25, -0.2) is 0 Å². The Morgan fingerprint density at radius 3 is 2.80 bits per heavy atom. The zero-order valence-electron chi connectivity index (χ0n) is 9.66. The summed E-state index contributed by atoms with van der Waals surface area (Å²) in [5, 5.41) is 10.3. The highest BCUT2D eigenvalue weighted by atomic mass is 79.9. The molecule has 0 aromatic rings. The third kappa shape index (κ3) is 4.02. The van der Waals surface area contributed by atoms with Crippen molar-refractivity contribution in [1.82, 2.24) is 4.90 Å². The third-order valence-corrected chi connectivity index (χ3v) is 4.00. The Labute approximate surface area is 101 Å². The van der Waals surface area contributed by atoms with Gasteiger partial charge in [-0.15, -0.1) is 0 Å². The molecule has 1 aliphatic heterocycles. The molecule has 0 aliphatic carbocycles. The predicted octanol–water partition coefficient (Wildman–Crippen LogP) is 1.35. The van der Waals surface area contributed by atoms with E-state index in [0.29, 0.717) is 18.4 Å². The maximum Gasteiger partial charge on any atom is 0.0644 e. The molecule has 4 heteroatoms. The molecule has 2 unspecified atom stereocenters. The minimum absolute atomic E-state index is 0.194. The standard InChI is InChI=1S/C11H22BrNO2/c1-9(2)10(5-12)6-13-3-4-15-8-11(13)7-14/h9-11,14H,3-8H2,1-2H3. The van der Waals surface area contributed by atoms with E-state index in [2.05, 4.69) is 34.7 Å². The van der Waals surface area contributed by atoms with Gasteiger partial charge in [0, 0.05) is 18.4 Å². The summed E-state index contributed by atoms with van der Waals surface area (Å²) in [6.07, 6.45) is 0. The van der Waals surface area contributed by atoms with Crippen molar-refractivity contribution in [3.8, 4) is 0 Å². The first-order valence-electron chi connectivity index (χ1n) is 5.67. The SMILES string of the molecule is CC(C)C(CBr)CN1CCOCC1CO. The molecule has 1 heterocycles. The van der Waals surface area contributed by atoms with Crippen LogP contribution in [-0.4, -0.2) is 54.3 Å². The second-order valence-corrected chi connectivity index (χ2v) is 5.21. The topological polar surface area (TPSA) is 32.7 Å². The van der Waals surface area contributed by atoms with Crippen molar-refractivity contribution in [3.05, 3.63) is 0 Å². The largest absolute Gasteiger partial charge is 0.395 e. The Kier molecular flexibility index (Phi) is 6.12. The minimum atomic E-state index is 0.194. The number of hydrogen-bond acceptors (Lipinski definition) is 3. The molecule has 0 aromatic carbocycles. The molecule has 15 heavy (non-hydrogen) atoms. The van der Waals surface area contributed by atoms with Gasteiger partial charge in [0.1, 0.15) is 0 Å². The lowest BCUT2D eigenvalue weighted by atomic mass is 9.97. The van der Waals surface area contributed by atoms with Crippen LogP contribution in [-0.2, 0) is 4.74 Å². The van der Waals surface area contributed by atoms with Crippen LogP contribution in [0.2, 0.25) is 0 Å². The minimum Gasteiger partial charge on any atom is -0.395 e. The Bertz CT molecular complexity index is 178. The second kappa shape index (κ2) is 6.84. The van der Waals surface area contributed by atoms with Crippen molar-refractivity contribution in [1.29, 1.82) is 0 Å². The summed E-state index contributed by atoms with van der Waals surface area (Å²) in [6.45, 7) is 8.17. The van der Waals surface area contributed by atoms with Crippen molar-refractivity contribution in [3.63, 3.8) is 0 Å². The van der Waals surface area contributed by atoms with Crippen LogP contribution in [0.4, 0.5) is 0 Å². The number of rotatable bonds is 5. The van der Waals surface area contributed by atoms with Crippen LogP contribution in [0.15, 0.2) is 0 Å². The van der Waals surface area contributed by atoms with E-state index in [1.54, 1.807) is 0 Å².